The van der Waals surface area contributed by atoms with Crippen LogP contribution in [0.15, 0.2) is 47.3 Å². The second-order valence-electron chi connectivity index (χ2n) is 11.3. The number of carbonyl (C=O) groups is 1. The van der Waals surface area contributed by atoms with Crippen molar-refractivity contribution >= 4 is 28.6 Å². The van der Waals surface area contributed by atoms with Crippen molar-refractivity contribution in [2.24, 2.45) is 17.6 Å². The van der Waals surface area contributed by atoms with Gasteiger partial charge < -0.3 is 15.4 Å². The smallest absolute Gasteiger partial charge is 0.265 e. The summed E-state index contributed by atoms with van der Waals surface area (Å²) in [5, 5.41) is 2.81. The van der Waals surface area contributed by atoms with Gasteiger partial charge in [-0.15, -0.1) is 22.7 Å². The zero-order valence-corrected chi connectivity index (χ0v) is 23.3. The number of nitrogens with two attached hydrogens (primary N) is 1. The Balaban J connectivity index is 1.07. The van der Waals surface area contributed by atoms with E-state index in [1.807, 2.05) is 36.3 Å². The molecule has 200 valence electrons. The minimum absolute atomic E-state index is 0.00804. The number of fused-ring (bicyclic) bond motifs is 1. The lowest BCUT2D eigenvalue weighted by Gasteiger charge is -2.22. The first-order valence-electron chi connectivity index (χ1n) is 13.2. The molecule has 0 spiro atoms. The minimum Gasteiger partial charge on any atom is -0.474 e. The van der Waals surface area contributed by atoms with E-state index in [1.54, 1.807) is 17.6 Å². The Bertz CT molecular complexity index is 1530. The zero-order valence-electron chi connectivity index (χ0n) is 21.6. The molecule has 0 radical (unpaired) electrons. The maximum absolute atomic E-state index is 13.6. The highest BCUT2D eigenvalue weighted by molar-refractivity contribution is 7.17. The van der Waals surface area contributed by atoms with E-state index in [2.05, 4.69) is 4.98 Å². The average Bonchev–Trinajstić information content (AvgIpc) is 3.59. The number of likely N-dealkylation sites (tertiary alicyclic amines) is 1. The monoisotopic (exact) mass is 561 g/mol. The van der Waals surface area contributed by atoms with Crippen LogP contribution in [0.1, 0.15) is 53.5 Å². The van der Waals surface area contributed by atoms with E-state index in [-0.39, 0.29) is 29.7 Å². The molecule has 3 aliphatic rings. The molecule has 4 heterocycles. The van der Waals surface area contributed by atoms with E-state index in [0.717, 1.165) is 45.2 Å². The summed E-state index contributed by atoms with van der Waals surface area (Å²) >= 11 is 3.01. The highest BCUT2D eigenvalue weighted by Gasteiger charge is 2.59. The van der Waals surface area contributed by atoms with Crippen molar-refractivity contribution in [1.82, 2.24) is 19.9 Å². The number of amides is 1. The number of nitrogens with zero attached hydrogens (tertiary/aromatic N) is 4. The van der Waals surface area contributed by atoms with Crippen LogP contribution in [0.4, 0.5) is 4.39 Å². The van der Waals surface area contributed by atoms with Crippen molar-refractivity contribution in [3.8, 4) is 27.8 Å². The van der Waals surface area contributed by atoms with Gasteiger partial charge in [0.2, 0.25) is 5.88 Å². The Morgan fingerprint density at radius 2 is 1.85 bits per heavy atom. The Morgan fingerprint density at radius 1 is 1.10 bits per heavy atom. The number of hydrogen-bond donors (Lipinski definition) is 1. The number of aromatic nitrogens is 3. The van der Waals surface area contributed by atoms with Gasteiger partial charge in [0.1, 0.15) is 27.5 Å². The Kier molecular flexibility index (Phi) is 5.84. The number of halogens is 1. The third-order valence-electron chi connectivity index (χ3n) is 7.81. The number of pyridine rings is 1. The minimum atomic E-state index is -0.593. The van der Waals surface area contributed by atoms with Crippen molar-refractivity contribution < 1.29 is 13.9 Å². The number of benzene rings is 1. The molecule has 2 saturated carbocycles. The standard InChI is InChI=1S/C29H28FN5O2S2/c1-29(2,31)17-9-21(15-5-7-18(30)8-6-15)33-23(10-17)37-25-19-11-35(12-20(19)25)28(36)26-24(16-3-4-16)34-27(39-26)22-13-38-14-32-22/h5-10,13-14,16,19-20,25H,3-4,11-12,31H2,1-2H3/t19-,20+,25-. The number of thiazole rings is 2. The number of carbonyl (C=O) groups excluding carboxylic acids is 1. The molecule has 3 aromatic heterocycles. The summed E-state index contributed by atoms with van der Waals surface area (Å²) in [6.07, 6.45) is 2.19. The molecule has 3 atom stereocenters. The van der Waals surface area contributed by atoms with E-state index in [9.17, 15) is 9.18 Å². The lowest BCUT2D eigenvalue weighted by molar-refractivity contribution is 0.0755. The van der Waals surface area contributed by atoms with Gasteiger partial charge in [-0.25, -0.2) is 19.3 Å². The van der Waals surface area contributed by atoms with Gasteiger partial charge in [-0.1, -0.05) is 0 Å². The number of rotatable bonds is 7. The molecule has 1 aromatic carbocycles. The van der Waals surface area contributed by atoms with Gasteiger partial charge in [0, 0.05) is 53.4 Å². The number of ether oxygens (including phenoxy) is 1. The van der Waals surface area contributed by atoms with Gasteiger partial charge in [-0.2, -0.15) is 0 Å². The second kappa shape index (κ2) is 9.18. The molecule has 1 saturated heterocycles. The van der Waals surface area contributed by atoms with Crippen LogP contribution in [0.3, 0.4) is 0 Å². The Labute approximate surface area is 233 Å². The van der Waals surface area contributed by atoms with E-state index >= 15 is 0 Å². The van der Waals surface area contributed by atoms with Crippen LogP contribution in [0.5, 0.6) is 5.88 Å². The predicted molar refractivity (Wildman–Crippen MR) is 149 cm³/mol. The quantitative estimate of drug-likeness (QED) is 0.312. The second-order valence-corrected chi connectivity index (χ2v) is 13.0. The fraction of sp³-hybridized carbons (Fsp3) is 0.379. The molecule has 3 fully saturated rings. The average molecular weight is 562 g/mol. The van der Waals surface area contributed by atoms with Gasteiger partial charge >= 0.3 is 0 Å². The van der Waals surface area contributed by atoms with Crippen LogP contribution < -0.4 is 10.5 Å². The molecule has 4 aromatic rings. The molecule has 0 bridgehead atoms. The summed E-state index contributed by atoms with van der Waals surface area (Å²) in [4.78, 5) is 30.2. The van der Waals surface area contributed by atoms with Crippen molar-refractivity contribution in [2.75, 3.05) is 13.1 Å². The lowest BCUT2D eigenvalue weighted by atomic mass is 9.95. The number of piperidine rings is 1. The molecule has 39 heavy (non-hydrogen) atoms. The maximum Gasteiger partial charge on any atom is 0.265 e. The van der Waals surface area contributed by atoms with Crippen molar-refractivity contribution in [3.05, 3.63) is 69.2 Å². The summed E-state index contributed by atoms with van der Waals surface area (Å²) in [6, 6.07) is 10.1. The van der Waals surface area contributed by atoms with Gasteiger partial charge in [0.05, 0.1) is 16.9 Å². The van der Waals surface area contributed by atoms with Crippen LogP contribution >= 0.6 is 22.7 Å². The predicted octanol–water partition coefficient (Wildman–Crippen LogP) is 5.69. The van der Waals surface area contributed by atoms with Crippen LogP contribution in [-0.4, -0.2) is 45.0 Å². The highest BCUT2D eigenvalue weighted by Crippen LogP contribution is 2.50. The summed E-state index contributed by atoms with van der Waals surface area (Å²) in [5.41, 5.74) is 11.8. The molecule has 1 amide bonds. The molecular weight excluding hydrogens is 533 g/mol. The van der Waals surface area contributed by atoms with E-state index < -0.39 is 5.54 Å². The lowest BCUT2D eigenvalue weighted by Crippen LogP contribution is -2.33. The van der Waals surface area contributed by atoms with Crippen LogP contribution in [0.2, 0.25) is 0 Å². The van der Waals surface area contributed by atoms with Crippen molar-refractivity contribution in [1.29, 1.82) is 0 Å². The molecule has 7 rings (SSSR count). The van der Waals surface area contributed by atoms with E-state index in [4.69, 9.17) is 20.4 Å². The molecule has 1 aliphatic heterocycles. The van der Waals surface area contributed by atoms with E-state index in [0.29, 0.717) is 30.6 Å². The van der Waals surface area contributed by atoms with Gasteiger partial charge in [-0.3, -0.25) is 4.79 Å². The molecule has 7 nitrogen and oxygen atoms in total. The largest absolute Gasteiger partial charge is 0.474 e. The maximum atomic E-state index is 13.6. The third kappa shape index (κ3) is 4.74. The topological polar surface area (TPSA) is 94.2 Å². The van der Waals surface area contributed by atoms with Gasteiger partial charge in [0.25, 0.3) is 5.91 Å². The Morgan fingerprint density at radius 3 is 2.49 bits per heavy atom. The summed E-state index contributed by atoms with van der Waals surface area (Å²) in [5.74, 6) is 1.22. The van der Waals surface area contributed by atoms with Crippen LogP contribution in [0.25, 0.3) is 22.0 Å². The highest BCUT2D eigenvalue weighted by atomic mass is 32.1. The number of hydrogen-bond acceptors (Lipinski definition) is 8. The SMILES string of the molecule is CC(C)(N)c1cc(O[C@@H]2[C@@H]3CN(C(=O)c4sc(-c5cscn5)nc4C4CC4)C[C@@H]32)nc(-c2ccc(F)cc2)c1. The third-order valence-corrected chi connectivity index (χ3v) is 9.48. The molecule has 2 N–H and O–H groups in total. The zero-order chi connectivity index (χ0) is 26.9. The normalized spacial score (nSPS) is 22.2. The van der Waals surface area contributed by atoms with Gasteiger partial charge in [-0.05, 0) is 62.6 Å². The Hall–Kier alpha value is -3.21. The van der Waals surface area contributed by atoms with Crippen LogP contribution in [-0.2, 0) is 5.54 Å². The van der Waals surface area contributed by atoms with Gasteiger partial charge in [0.15, 0.2) is 0 Å². The first-order chi connectivity index (χ1) is 18.7. The molecule has 10 heteroatoms. The summed E-state index contributed by atoms with van der Waals surface area (Å²) < 4.78 is 19.9. The summed E-state index contributed by atoms with van der Waals surface area (Å²) in [6.45, 7) is 5.19. The van der Waals surface area contributed by atoms with Crippen molar-refractivity contribution in [3.63, 3.8) is 0 Å². The first kappa shape index (κ1) is 24.8. The van der Waals surface area contributed by atoms with Crippen molar-refractivity contribution in [2.45, 2.75) is 44.2 Å². The molecule has 2 aliphatic carbocycles. The molecule has 0 unspecified atom stereocenters. The van der Waals surface area contributed by atoms with E-state index in [1.165, 1.54) is 34.8 Å². The fourth-order valence-corrected chi connectivity index (χ4v) is 7.05. The first-order valence-corrected chi connectivity index (χ1v) is 14.9. The summed E-state index contributed by atoms with van der Waals surface area (Å²) in [7, 11) is 0. The molecular formula is C29H28FN5O2S2. The van der Waals surface area contributed by atoms with Crippen LogP contribution in [0, 0.1) is 17.7 Å². The fourth-order valence-electron chi connectivity index (χ4n) is 5.35.